The zero-order valence-corrected chi connectivity index (χ0v) is 10.2. The van der Waals surface area contributed by atoms with Gasteiger partial charge in [0.15, 0.2) is 0 Å². The van der Waals surface area contributed by atoms with Crippen LogP contribution in [0.25, 0.3) is 0 Å². The third-order valence-corrected chi connectivity index (χ3v) is 2.31. The quantitative estimate of drug-likeness (QED) is 0.808. The highest BCUT2D eigenvalue weighted by atomic mass is 16.4. The first kappa shape index (κ1) is 12.7. The molecule has 5 heteroatoms. The fourth-order valence-corrected chi connectivity index (χ4v) is 1.18. The van der Waals surface area contributed by atoms with Crippen LogP contribution in [0.3, 0.4) is 0 Å². The zero-order chi connectivity index (χ0) is 12.3. The lowest BCUT2D eigenvalue weighted by atomic mass is 10.1. The van der Waals surface area contributed by atoms with E-state index in [1.165, 1.54) is 0 Å². The topological polar surface area (TPSA) is 67.2 Å². The molecule has 0 aliphatic rings. The first-order chi connectivity index (χ1) is 7.30. The summed E-state index contributed by atoms with van der Waals surface area (Å²) in [5, 5.41) is 15.9. The Kier molecular flexibility index (Phi) is 3.70. The van der Waals surface area contributed by atoms with Crippen molar-refractivity contribution in [2.24, 2.45) is 0 Å². The van der Waals surface area contributed by atoms with E-state index in [-0.39, 0.29) is 5.54 Å². The maximum atomic E-state index is 10.6. The molecule has 1 atom stereocenters. The highest BCUT2D eigenvalue weighted by Gasteiger charge is 2.15. The molecule has 0 spiro atoms. The normalized spacial score (nSPS) is 13.8. The van der Waals surface area contributed by atoms with E-state index >= 15 is 0 Å². The average molecular weight is 225 g/mol. The van der Waals surface area contributed by atoms with Crippen LogP contribution in [0.1, 0.15) is 33.3 Å². The summed E-state index contributed by atoms with van der Waals surface area (Å²) in [6.45, 7) is 8.34. The highest BCUT2D eigenvalue weighted by molar-refractivity contribution is 5.72. The molecule has 0 aromatic carbocycles. The summed E-state index contributed by atoms with van der Waals surface area (Å²) < 4.78 is 1.87. The second-order valence-electron chi connectivity index (χ2n) is 4.90. The second kappa shape index (κ2) is 4.65. The minimum absolute atomic E-state index is 0.0450. The predicted octanol–water partition coefficient (Wildman–Crippen LogP) is 1.20. The number of aromatic nitrogens is 2. The van der Waals surface area contributed by atoms with Crippen molar-refractivity contribution in [3.05, 3.63) is 18.0 Å². The van der Waals surface area contributed by atoms with Gasteiger partial charge in [-0.25, -0.2) is 0 Å². The van der Waals surface area contributed by atoms with Crippen LogP contribution in [0, 0.1) is 0 Å². The van der Waals surface area contributed by atoms with E-state index in [4.69, 9.17) is 5.11 Å². The maximum Gasteiger partial charge on any atom is 0.320 e. The van der Waals surface area contributed by atoms with Crippen LogP contribution in [0.5, 0.6) is 0 Å². The first-order valence-electron chi connectivity index (χ1n) is 5.31. The van der Waals surface area contributed by atoms with Gasteiger partial charge >= 0.3 is 5.97 Å². The molecule has 0 fully saturated rings. The summed E-state index contributed by atoms with van der Waals surface area (Å²) in [4.78, 5) is 10.6. The van der Waals surface area contributed by atoms with Gasteiger partial charge in [0.1, 0.15) is 6.04 Å². The molecule has 0 radical (unpaired) electrons. The Labute approximate surface area is 95.5 Å². The number of hydrogen-bond donors (Lipinski definition) is 2. The van der Waals surface area contributed by atoms with Crippen molar-refractivity contribution in [3.63, 3.8) is 0 Å². The molecular formula is C11H19N3O2. The van der Waals surface area contributed by atoms with E-state index in [0.717, 1.165) is 5.56 Å². The molecule has 0 saturated carbocycles. The monoisotopic (exact) mass is 225 g/mol. The summed E-state index contributed by atoms with van der Waals surface area (Å²) >= 11 is 0. The van der Waals surface area contributed by atoms with E-state index in [1.807, 2.05) is 10.9 Å². The van der Waals surface area contributed by atoms with Gasteiger partial charge in [0.25, 0.3) is 0 Å². The van der Waals surface area contributed by atoms with Gasteiger partial charge in [0, 0.05) is 18.3 Å². The van der Waals surface area contributed by atoms with Gasteiger partial charge in [-0.15, -0.1) is 0 Å². The zero-order valence-electron chi connectivity index (χ0n) is 10.2. The number of hydrogen-bond acceptors (Lipinski definition) is 3. The fourth-order valence-electron chi connectivity index (χ4n) is 1.18. The van der Waals surface area contributed by atoms with Gasteiger partial charge in [-0.05, 0) is 27.7 Å². The lowest BCUT2D eigenvalue weighted by Crippen LogP contribution is -2.33. The van der Waals surface area contributed by atoms with Crippen molar-refractivity contribution in [2.45, 2.75) is 45.8 Å². The van der Waals surface area contributed by atoms with E-state index in [0.29, 0.717) is 6.54 Å². The molecule has 1 heterocycles. The van der Waals surface area contributed by atoms with Gasteiger partial charge in [-0.1, -0.05) is 0 Å². The molecule has 1 aromatic rings. The van der Waals surface area contributed by atoms with E-state index in [2.05, 4.69) is 31.2 Å². The Morgan fingerprint density at radius 3 is 2.69 bits per heavy atom. The number of carboxylic acids is 1. The van der Waals surface area contributed by atoms with E-state index < -0.39 is 12.0 Å². The summed E-state index contributed by atoms with van der Waals surface area (Å²) in [7, 11) is 0. The van der Waals surface area contributed by atoms with Crippen LogP contribution in [-0.4, -0.2) is 26.9 Å². The Morgan fingerprint density at radius 2 is 2.25 bits per heavy atom. The predicted molar refractivity (Wildman–Crippen MR) is 61.2 cm³/mol. The molecule has 1 aromatic heterocycles. The minimum Gasteiger partial charge on any atom is -0.480 e. The van der Waals surface area contributed by atoms with Crippen LogP contribution >= 0.6 is 0 Å². The number of rotatable bonds is 4. The Morgan fingerprint density at radius 1 is 1.62 bits per heavy atom. The molecule has 90 valence electrons. The second-order valence-corrected chi connectivity index (χ2v) is 4.90. The number of aliphatic carboxylic acids is 1. The van der Waals surface area contributed by atoms with Crippen molar-refractivity contribution in [3.8, 4) is 0 Å². The number of nitrogens with zero attached hydrogens (tertiary/aromatic N) is 2. The SMILES string of the molecule is CC(NCc1cnn(C(C)(C)C)c1)C(=O)O. The largest absolute Gasteiger partial charge is 0.480 e. The van der Waals surface area contributed by atoms with Crippen molar-refractivity contribution in [1.82, 2.24) is 15.1 Å². The van der Waals surface area contributed by atoms with Crippen molar-refractivity contribution in [2.75, 3.05) is 0 Å². The average Bonchev–Trinajstić information content (AvgIpc) is 2.61. The Balaban J connectivity index is 2.57. The van der Waals surface area contributed by atoms with E-state index in [1.54, 1.807) is 13.1 Å². The van der Waals surface area contributed by atoms with Crippen molar-refractivity contribution < 1.29 is 9.90 Å². The minimum atomic E-state index is -0.844. The molecule has 0 amide bonds. The molecule has 1 unspecified atom stereocenters. The standard InChI is InChI=1S/C11H19N3O2/c1-8(10(15)16)12-5-9-6-13-14(7-9)11(2,3)4/h6-8,12H,5H2,1-4H3,(H,15,16). The van der Waals surface area contributed by atoms with Crippen LogP contribution in [0.15, 0.2) is 12.4 Å². The molecule has 5 nitrogen and oxygen atoms in total. The van der Waals surface area contributed by atoms with Gasteiger partial charge in [-0.3, -0.25) is 9.48 Å². The summed E-state index contributed by atoms with van der Waals surface area (Å²) in [6.07, 6.45) is 3.69. The number of carbonyl (C=O) groups is 1. The Hall–Kier alpha value is -1.36. The van der Waals surface area contributed by atoms with Gasteiger partial charge < -0.3 is 10.4 Å². The van der Waals surface area contributed by atoms with E-state index in [9.17, 15) is 4.79 Å². The van der Waals surface area contributed by atoms with Crippen molar-refractivity contribution >= 4 is 5.97 Å². The maximum absolute atomic E-state index is 10.6. The molecule has 0 aliphatic heterocycles. The van der Waals surface area contributed by atoms with Crippen LogP contribution in [-0.2, 0) is 16.9 Å². The van der Waals surface area contributed by atoms with Crippen LogP contribution in [0.2, 0.25) is 0 Å². The smallest absolute Gasteiger partial charge is 0.320 e. The van der Waals surface area contributed by atoms with Gasteiger partial charge in [-0.2, -0.15) is 5.10 Å². The van der Waals surface area contributed by atoms with Gasteiger partial charge in [0.05, 0.1) is 11.7 Å². The number of nitrogens with one attached hydrogen (secondary N) is 1. The summed E-state index contributed by atoms with van der Waals surface area (Å²) in [5.41, 5.74) is 0.944. The summed E-state index contributed by atoms with van der Waals surface area (Å²) in [6, 6.07) is -0.544. The lowest BCUT2D eigenvalue weighted by Gasteiger charge is -2.18. The first-order valence-corrected chi connectivity index (χ1v) is 5.31. The highest BCUT2D eigenvalue weighted by Crippen LogP contribution is 2.12. The van der Waals surface area contributed by atoms with Crippen LogP contribution < -0.4 is 5.32 Å². The van der Waals surface area contributed by atoms with Gasteiger partial charge in [0.2, 0.25) is 0 Å². The molecule has 1 rings (SSSR count). The molecular weight excluding hydrogens is 206 g/mol. The fraction of sp³-hybridized carbons (Fsp3) is 0.636. The number of carboxylic acid groups (broad SMARTS) is 1. The third-order valence-electron chi connectivity index (χ3n) is 2.31. The Bertz CT molecular complexity index is 366. The summed E-state index contributed by atoms with van der Waals surface area (Å²) in [5.74, 6) is -0.844. The molecule has 0 aliphatic carbocycles. The van der Waals surface area contributed by atoms with Crippen molar-refractivity contribution in [1.29, 1.82) is 0 Å². The molecule has 16 heavy (non-hydrogen) atoms. The molecule has 0 saturated heterocycles. The van der Waals surface area contributed by atoms with Crippen LogP contribution in [0.4, 0.5) is 0 Å². The lowest BCUT2D eigenvalue weighted by molar-refractivity contribution is -0.139. The third kappa shape index (κ3) is 3.34. The molecule has 0 bridgehead atoms. The molecule has 2 N–H and O–H groups in total.